The van der Waals surface area contributed by atoms with Crippen LogP contribution in [-0.4, -0.2) is 40.6 Å². The largest absolute Gasteiger partial charge is 0.493 e. The first-order chi connectivity index (χ1) is 13.6. The average molecular weight is 377 g/mol. The number of unbranched alkanes of at least 4 members (excludes halogenated alkanes) is 1. The molecule has 28 heavy (non-hydrogen) atoms. The lowest BCUT2D eigenvalue weighted by Crippen LogP contribution is -2.19. The number of rotatable bonds is 7. The molecule has 1 aliphatic heterocycles. The number of ether oxygens (including phenoxy) is 1. The van der Waals surface area contributed by atoms with Crippen molar-refractivity contribution in [2.24, 2.45) is 0 Å². The molecule has 146 valence electrons. The van der Waals surface area contributed by atoms with Crippen LogP contribution in [0.4, 0.5) is 0 Å². The van der Waals surface area contributed by atoms with Crippen LogP contribution in [-0.2, 0) is 11.3 Å². The summed E-state index contributed by atoms with van der Waals surface area (Å²) >= 11 is 0. The molecule has 1 aromatic heterocycles. The molecular weight excluding hydrogens is 350 g/mol. The number of hydrogen-bond acceptors (Lipinski definition) is 3. The Kier molecular flexibility index (Phi) is 5.33. The lowest BCUT2D eigenvalue weighted by atomic mass is 10.1. The molecule has 1 unspecified atom stereocenters. The van der Waals surface area contributed by atoms with Crippen molar-refractivity contribution in [1.29, 1.82) is 0 Å². The van der Waals surface area contributed by atoms with Crippen molar-refractivity contribution in [1.82, 2.24) is 14.5 Å². The molecular formula is C23H27N3O2. The molecule has 5 nitrogen and oxygen atoms in total. The first kappa shape index (κ1) is 18.5. The van der Waals surface area contributed by atoms with Crippen LogP contribution in [0.3, 0.4) is 0 Å². The maximum atomic E-state index is 12.0. The Balaban J connectivity index is 1.43. The fourth-order valence-electron chi connectivity index (χ4n) is 3.95. The third-order valence-corrected chi connectivity index (χ3v) is 5.52. The molecule has 1 atom stereocenters. The monoisotopic (exact) mass is 377 g/mol. The molecule has 2 heterocycles. The van der Waals surface area contributed by atoms with E-state index in [0.29, 0.717) is 13.0 Å². The number of amides is 1. The number of fused-ring (bicyclic) bond motifs is 1. The van der Waals surface area contributed by atoms with Crippen LogP contribution in [0, 0.1) is 6.92 Å². The maximum absolute atomic E-state index is 12.0. The minimum atomic E-state index is 0.174. The van der Waals surface area contributed by atoms with Crippen molar-refractivity contribution in [3.8, 4) is 5.75 Å². The summed E-state index contributed by atoms with van der Waals surface area (Å²) in [4.78, 5) is 18.7. The topological polar surface area (TPSA) is 47.4 Å². The average Bonchev–Trinajstić information content (AvgIpc) is 3.23. The number of likely N-dealkylation sites (N-methyl/N-ethyl adjacent to an activating group) is 1. The Labute approximate surface area is 165 Å². The molecule has 5 heteroatoms. The standard InChI is InChI=1S/C23H27N3O2/c1-17-9-3-6-12-21(17)28-14-8-7-13-26-20-11-5-4-10-19(20)24-23(26)18-15-22(27)25(2)16-18/h3-6,9-12,18H,7-8,13-16H2,1-2H3. The number of carbonyl (C=O) groups excluding carboxylic acids is 1. The molecule has 1 aliphatic rings. The van der Waals surface area contributed by atoms with E-state index in [1.807, 2.05) is 36.2 Å². The van der Waals surface area contributed by atoms with Gasteiger partial charge in [-0.3, -0.25) is 4.79 Å². The third kappa shape index (κ3) is 3.75. The second-order valence-electron chi connectivity index (χ2n) is 7.61. The number of imidazole rings is 1. The van der Waals surface area contributed by atoms with Gasteiger partial charge in [-0.2, -0.15) is 0 Å². The second-order valence-corrected chi connectivity index (χ2v) is 7.61. The number of carbonyl (C=O) groups is 1. The highest BCUT2D eigenvalue weighted by molar-refractivity contribution is 5.80. The van der Waals surface area contributed by atoms with Crippen molar-refractivity contribution in [3.05, 3.63) is 59.9 Å². The van der Waals surface area contributed by atoms with Gasteiger partial charge in [0.25, 0.3) is 0 Å². The molecule has 0 aliphatic carbocycles. The van der Waals surface area contributed by atoms with E-state index in [1.54, 1.807) is 0 Å². The van der Waals surface area contributed by atoms with Gasteiger partial charge in [0, 0.05) is 32.5 Å². The van der Waals surface area contributed by atoms with Gasteiger partial charge >= 0.3 is 0 Å². The van der Waals surface area contributed by atoms with Crippen LogP contribution in [0.15, 0.2) is 48.5 Å². The van der Waals surface area contributed by atoms with E-state index in [0.717, 1.165) is 48.5 Å². The first-order valence-corrected chi connectivity index (χ1v) is 10.0. The van der Waals surface area contributed by atoms with Crippen LogP contribution in [0.2, 0.25) is 0 Å². The highest BCUT2D eigenvalue weighted by Gasteiger charge is 2.31. The zero-order valence-electron chi connectivity index (χ0n) is 16.6. The minimum Gasteiger partial charge on any atom is -0.493 e. The van der Waals surface area contributed by atoms with Crippen LogP contribution in [0.5, 0.6) is 5.75 Å². The second kappa shape index (κ2) is 8.05. The Bertz CT molecular complexity index is 979. The molecule has 0 bridgehead atoms. The van der Waals surface area contributed by atoms with Crippen molar-refractivity contribution in [3.63, 3.8) is 0 Å². The summed E-state index contributed by atoms with van der Waals surface area (Å²) < 4.78 is 8.23. The number of benzene rings is 2. The molecule has 0 N–H and O–H groups in total. The van der Waals surface area contributed by atoms with E-state index in [2.05, 4.69) is 35.8 Å². The molecule has 4 rings (SSSR count). The number of likely N-dealkylation sites (tertiary alicyclic amines) is 1. The van der Waals surface area contributed by atoms with E-state index in [4.69, 9.17) is 9.72 Å². The lowest BCUT2D eigenvalue weighted by molar-refractivity contribution is -0.126. The Morgan fingerprint density at radius 3 is 2.68 bits per heavy atom. The number of hydrogen-bond donors (Lipinski definition) is 0. The SMILES string of the molecule is Cc1ccccc1OCCCCn1c(C2CC(=O)N(C)C2)nc2ccccc21. The van der Waals surface area contributed by atoms with Gasteiger partial charge in [0.2, 0.25) is 5.91 Å². The molecule has 2 aromatic carbocycles. The van der Waals surface area contributed by atoms with Crippen LogP contribution in [0.1, 0.15) is 36.6 Å². The van der Waals surface area contributed by atoms with Gasteiger partial charge in [-0.05, 0) is 43.5 Å². The van der Waals surface area contributed by atoms with Crippen molar-refractivity contribution < 1.29 is 9.53 Å². The minimum absolute atomic E-state index is 0.174. The summed E-state index contributed by atoms with van der Waals surface area (Å²) in [5, 5.41) is 0. The summed E-state index contributed by atoms with van der Waals surface area (Å²) in [7, 11) is 1.87. The van der Waals surface area contributed by atoms with Crippen molar-refractivity contribution in [2.75, 3.05) is 20.2 Å². The smallest absolute Gasteiger partial charge is 0.223 e. The zero-order valence-corrected chi connectivity index (χ0v) is 16.6. The summed E-state index contributed by atoms with van der Waals surface area (Å²) in [5.41, 5.74) is 3.33. The molecule has 3 aromatic rings. The van der Waals surface area contributed by atoms with Crippen LogP contribution in [0.25, 0.3) is 11.0 Å². The van der Waals surface area contributed by atoms with Gasteiger partial charge in [0.15, 0.2) is 0 Å². The van der Waals surface area contributed by atoms with Crippen LogP contribution < -0.4 is 4.74 Å². The first-order valence-electron chi connectivity index (χ1n) is 10.0. The van der Waals surface area contributed by atoms with Crippen molar-refractivity contribution >= 4 is 16.9 Å². The van der Waals surface area contributed by atoms with E-state index < -0.39 is 0 Å². The van der Waals surface area contributed by atoms with Gasteiger partial charge in [-0.15, -0.1) is 0 Å². The molecule has 1 saturated heterocycles. The van der Waals surface area contributed by atoms with Gasteiger partial charge in [0.1, 0.15) is 11.6 Å². The number of aryl methyl sites for hydroxylation is 2. The van der Waals surface area contributed by atoms with Gasteiger partial charge in [0.05, 0.1) is 17.6 Å². The van der Waals surface area contributed by atoms with Gasteiger partial charge < -0.3 is 14.2 Å². The predicted octanol–water partition coefficient (Wildman–Crippen LogP) is 4.15. The van der Waals surface area contributed by atoms with E-state index in [-0.39, 0.29) is 11.8 Å². The number of nitrogens with zero attached hydrogens (tertiary/aromatic N) is 3. The predicted molar refractivity (Wildman–Crippen MR) is 111 cm³/mol. The highest BCUT2D eigenvalue weighted by Crippen LogP contribution is 2.30. The highest BCUT2D eigenvalue weighted by atomic mass is 16.5. The summed E-state index contributed by atoms with van der Waals surface area (Å²) in [6, 6.07) is 16.4. The van der Waals surface area contributed by atoms with E-state index >= 15 is 0 Å². The number of aromatic nitrogens is 2. The normalized spacial score (nSPS) is 16.9. The fraction of sp³-hybridized carbons (Fsp3) is 0.391. The Hall–Kier alpha value is -2.82. The Morgan fingerprint density at radius 2 is 1.89 bits per heavy atom. The molecule has 0 spiro atoms. The van der Waals surface area contributed by atoms with Gasteiger partial charge in [-0.1, -0.05) is 30.3 Å². The Morgan fingerprint density at radius 1 is 1.11 bits per heavy atom. The molecule has 0 radical (unpaired) electrons. The quantitative estimate of drug-likeness (QED) is 0.581. The maximum Gasteiger partial charge on any atom is 0.223 e. The lowest BCUT2D eigenvalue weighted by Gasteiger charge is -2.14. The third-order valence-electron chi connectivity index (χ3n) is 5.52. The molecule has 0 saturated carbocycles. The zero-order chi connectivity index (χ0) is 19.5. The number of para-hydroxylation sites is 3. The van der Waals surface area contributed by atoms with Gasteiger partial charge in [-0.25, -0.2) is 4.98 Å². The molecule has 1 amide bonds. The van der Waals surface area contributed by atoms with E-state index in [9.17, 15) is 4.79 Å². The van der Waals surface area contributed by atoms with E-state index in [1.165, 1.54) is 5.56 Å². The van der Waals surface area contributed by atoms with Crippen molar-refractivity contribution in [2.45, 2.75) is 38.6 Å². The van der Waals surface area contributed by atoms with Crippen LogP contribution >= 0.6 is 0 Å². The summed E-state index contributed by atoms with van der Waals surface area (Å²) in [5.74, 6) is 2.38. The summed E-state index contributed by atoms with van der Waals surface area (Å²) in [6.07, 6.45) is 2.54. The fourth-order valence-corrected chi connectivity index (χ4v) is 3.95. The molecule has 1 fully saturated rings. The summed E-state index contributed by atoms with van der Waals surface area (Å²) in [6.45, 7) is 4.41.